The summed E-state index contributed by atoms with van der Waals surface area (Å²) in [5.74, 6) is 0.698. The van der Waals surface area contributed by atoms with Crippen molar-refractivity contribution < 1.29 is 0 Å². The minimum absolute atomic E-state index is 0.570. The fourth-order valence-electron chi connectivity index (χ4n) is 2.76. The van der Waals surface area contributed by atoms with Gasteiger partial charge < -0.3 is 10.2 Å². The molecule has 0 aliphatic carbocycles. The Balaban J connectivity index is 2.06. The number of hydrogen-bond acceptors (Lipinski definition) is 4. The maximum Gasteiger partial charge on any atom is 0.0351 e. The Morgan fingerprint density at radius 2 is 2.26 bits per heavy atom. The minimum Gasteiger partial charge on any atom is -0.315 e. The zero-order valence-electron chi connectivity index (χ0n) is 12.3. The van der Waals surface area contributed by atoms with Crippen LogP contribution in [0.4, 0.5) is 0 Å². The smallest absolute Gasteiger partial charge is 0.0351 e. The van der Waals surface area contributed by atoms with Crippen LogP contribution in [0.5, 0.6) is 0 Å². The lowest BCUT2D eigenvalue weighted by atomic mass is 10.1. The van der Waals surface area contributed by atoms with E-state index in [1.807, 2.05) is 18.5 Å². The summed E-state index contributed by atoms with van der Waals surface area (Å²) in [4.78, 5) is 9.10. The van der Waals surface area contributed by atoms with E-state index < -0.39 is 0 Å². The van der Waals surface area contributed by atoms with E-state index >= 15 is 0 Å². The predicted molar refractivity (Wildman–Crippen MR) is 79.0 cm³/mol. The van der Waals surface area contributed by atoms with Crippen molar-refractivity contribution in [1.29, 1.82) is 0 Å². The lowest BCUT2D eigenvalue weighted by molar-refractivity contribution is 0.153. The van der Waals surface area contributed by atoms with Gasteiger partial charge in [-0.3, -0.25) is 9.88 Å². The third kappa shape index (κ3) is 4.56. The lowest BCUT2D eigenvalue weighted by Crippen LogP contribution is -2.45. The van der Waals surface area contributed by atoms with Crippen molar-refractivity contribution in [2.24, 2.45) is 5.92 Å². The van der Waals surface area contributed by atoms with Gasteiger partial charge in [0, 0.05) is 44.6 Å². The van der Waals surface area contributed by atoms with Crippen LogP contribution < -0.4 is 5.32 Å². The Hall–Kier alpha value is -0.970. The van der Waals surface area contributed by atoms with E-state index in [1.165, 1.54) is 5.56 Å². The number of hydrogen-bond donors (Lipinski definition) is 1. The monoisotopic (exact) mass is 262 g/mol. The molecule has 1 fully saturated rings. The van der Waals surface area contributed by atoms with Crippen LogP contribution in [-0.4, -0.2) is 61.1 Å². The highest BCUT2D eigenvalue weighted by Gasteiger charge is 2.24. The van der Waals surface area contributed by atoms with Crippen LogP contribution in [-0.2, 0) is 6.54 Å². The van der Waals surface area contributed by atoms with Gasteiger partial charge in [-0.15, -0.1) is 0 Å². The van der Waals surface area contributed by atoms with Gasteiger partial charge in [0.15, 0.2) is 0 Å². The van der Waals surface area contributed by atoms with Crippen molar-refractivity contribution in [2.75, 3.05) is 40.3 Å². The number of nitrogens with one attached hydrogen (secondary N) is 1. The van der Waals surface area contributed by atoms with Crippen molar-refractivity contribution in [3.63, 3.8) is 0 Å². The Labute approximate surface area is 116 Å². The molecule has 1 aromatic heterocycles. The van der Waals surface area contributed by atoms with Gasteiger partial charge in [-0.2, -0.15) is 0 Å². The quantitative estimate of drug-likeness (QED) is 0.879. The molecule has 1 N–H and O–H groups in total. The Morgan fingerprint density at radius 3 is 2.95 bits per heavy atom. The Kier molecular flexibility index (Phi) is 5.31. The average Bonchev–Trinajstić information content (AvgIpc) is 2.53. The van der Waals surface area contributed by atoms with E-state index in [0.717, 1.165) is 32.7 Å². The largest absolute Gasteiger partial charge is 0.315 e. The molecule has 0 amide bonds. The summed E-state index contributed by atoms with van der Waals surface area (Å²) in [6.07, 6.45) is 3.82. The summed E-state index contributed by atoms with van der Waals surface area (Å²) < 4.78 is 0. The molecule has 2 rings (SSSR count). The lowest BCUT2D eigenvalue weighted by Gasteiger charge is -2.32. The van der Waals surface area contributed by atoms with Crippen molar-refractivity contribution in [3.8, 4) is 0 Å². The van der Waals surface area contributed by atoms with Crippen LogP contribution >= 0.6 is 0 Å². The Bertz CT molecular complexity index is 366. The highest BCUT2D eigenvalue weighted by Crippen LogP contribution is 2.13. The first kappa shape index (κ1) is 14.4. The molecule has 1 aromatic rings. The zero-order valence-corrected chi connectivity index (χ0v) is 12.3. The molecule has 1 saturated heterocycles. The summed E-state index contributed by atoms with van der Waals surface area (Å²) in [6, 6.07) is 4.76. The topological polar surface area (TPSA) is 31.4 Å². The zero-order chi connectivity index (χ0) is 13.7. The van der Waals surface area contributed by atoms with E-state index in [1.54, 1.807) is 0 Å². The third-order valence-corrected chi connectivity index (χ3v) is 3.62. The van der Waals surface area contributed by atoms with Gasteiger partial charge >= 0.3 is 0 Å². The van der Waals surface area contributed by atoms with Crippen LogP contribution in [0.3, 0.4) is 0 Å². The fourth-order valence-corrected chi connectivity index (χ4v) is 2.76. The van der Waals surface area contributed by atoms with Gasteiger partial charge in [-0.1, -0.05) is 13.0 Å². The summed E-state index contributed by atoms with van der Waals surface area (Å²) in [6.45, 7) is 7.76. The van der Waals surface area contributed by atoms with Crippen LogP contribution in [0.2, 0.25) is 0 Å². The number of likely N-dealkylation sites (N-methyl/N-ethyl adjacent to an activating group) is 1. The fraction of sp³-hybridized carbons (Fsp3) is 0.667. The average molecular weight is 262 g/mol. The second-order valence-electron chi connectivity index (χ2n) is 5.97. The minimum atomic E-state index is 0.570. The third-order valence-electron chi connectivity index (χ3n) is 3.62. The molecule has 1 aliphatic heterocycles. The van der Waals surface area contributed by atoms with E-state index in [4.69, 9.17) is 0 Å². The standard InChI is InChI=1S/C15H26N4/c1-13-7-17-9-15(12-18(2)3)19(10-13)11-14-5-4-6-16-8-14/h4-6,8,13,15,17H,7,9-12H2,1-3H3. The highest BCUT2D eigenvalue weighted by atomic mass is 15.2. The first-order valence-electron chi connectivity index (χ1n) is 7.13. The molecule has 2 atom stereocenters. The number of rotatable bonds is 4. The first-order chi connectivity index (χ1) is 9.15. The van der Waals surface area contributed by atoms with Crippen LogP contribution in [0.25, 0.3) is 0 Å². The maximum absolute atomic E-state index is 4.23. The van der Waals surface area contributed by atoms with Crippen LogP contribution in [0, 0.1) is 5.92 Å². The second kappa shape index (κ2) is 6.98. The van der Waals surface area contributed by atoms with Crippen LogP contribution in [0.15, 0.2) is 24.5 Å². The molecular formula is C15H26N4. The molecular weight excluding hydrogens is 236 g/mol. The van der Waals surface area contributed by atoms with Crippen molar-refractivity contribution in [3.05, 3.63) is 30.1 Å². The van der Waals surface area contributed by atoms with E-state index in [9.17, 15) is 0 Å². The molecule has 4 heteroatoms. The molecule has 0 spiro atoms. The molecule has 19 heavy (non-hydrogen) atoms. The molecule has 2 heterocycles. The van der Waals surface area contributed by atoms with Crippen molar-refractivity contribution in [1.82, 2.24) is 20.1 Å². The number of aromatic nitrogens is 1. The summed E-state index contributed by atoms with van der Waals surface area (Å²) in [5, 5.41) is 3.58. The van der Waals surface area contributed by atoms with Gasteiger partial charge in [-0.05, 0) is 38.2 Å². The number of pyridine rings is 1. The van der Waals surface area contributed by atoms with Gasteiger partial charge in [0.25, 0.3) is 0 Å². The molecule has 1 aliphatic rings. The highest BCUT2D eigenvalue weighted by molar-refractivity contribution is 5.08. The van der Waals surface area contributed by atoms with E-state index in [0.29, 0.717) is 12.0 Å². The molecule has 106 valence electrons. The van der Waals surface area contributed by atoms with Gasteiger partial charge in [-0.25, -0.2) is 0 Å². The van der Waals surface area contributed by atoms with Gasteiger partial charge in [0.2, 0.25) is 0 Å². The number of nitrogens with zero attached hydrogens (tertiary/aromatic N) is 3. The summed E-state index contributed by atoms with van der Waals surface area (Å²) in [5.41, 5.74) is 1.31. The second-order valence-corrected chi connectivity index (χ2v) is 5.97. The first-order valence-corrected chi connectivity index (χ1v) is 7.13. The molecule has 4 nitrogen and oxygen atoms in total. The Morgan fingerprint density at radius 1 is 1.42 bits per heavy atom. The normalized spacial score (nSPS) is 25.5. The van der Waals surface area contributed by atoms with Crippen LogP contribution in [0.1, 0.15) is 12.5 Å². The van der Waals surface area contributed by atoms with Crippen molar-refractivity contribution >= 4 is 0 Å². The van der Waals surface area contributed by atoms with Crippen molar-refractivity contribution in [2.45, 2.75) is 19.5 Å². The maximum atomic E-state index is 4.23. The molecule has 2 unspecified atom stereocenters. The van der Waals surface area contributed by atoms with E-state index in [2.05, 4.69) is 47.2 Å². The van der Waals surface area contributed by atoms with E-state index in [-0.39, 0.29) is 0 Å². The summed E-state index contributed by atoms with van der Waals surface area (Å²) in [7, 11) is 4.30. The van der Waals surface area contributed by atoms with Gasteiger partial charge in [0.1, 0.15) is 0 Å². The summed E-state index contributed by atoms with van der Waals surface area (Å²) >= 11 is 0. The predicted octanol–water partition coefficient (Wildman–Crippen LogP) is 1.05. The molecule has 0 aromatic carbocycles. The SMILES string of the molecule is CC1CNCC(CN(C)C)N(Cc2cccnc2)C1. The van der Waals surface area contributed by atoms with Gasteiger partial charge in [0.05, 0.1) is 0 Å². The molecule has 0 bridgehead atoms. The molecule has 0 saturated carbocycles. The molecule has 0 radical (unpaired) electrons.